The minimum Gasteiger partial charge on any atom is -0.472 e. The van der Waals surface area contributed by atoms with Crippen molar-refractivity contribution in [1.29, 1.82) is 0 Å². The van der Waals surface area contributed by atoms with Crippen LogP contribution in [0.2, 0.25) is 5.15 Å². The highest BCUT2D eigenvalue weighted by Crippen LogP contribution is 2.19. The smallest absolute Gasteiger partial charge is 0.234 e. The fourth-order valence-electron chi connectivity index (χ4n) is 1.82. The third kappa shape index (κ3) is 2.15. The van der Waals surface area contributed by atoms with E-state index in [0.29, 0.717) is 17.6 Å². The van der Waals surface area contributed by atoms with E-state index in [1.54, 1.807) is 6.20 Å². The van der Waals surface area contributed by atoms with Crippen LogP contribution in [-0.2, 0) is 6.61 Å². The first kappa shape index (κ1) is 11.0. The van der Waals surface area contributed by atoms with E-state index in [1.807, 2.05) is 30.5 Å². The number of fused-ring (bicyclic) bond motifs is 1. The summed E-state index contributed by atoms with van der Waals surface area (Å²) in [7, 11) is 0. The van der Waals surface area contributed by atoms with Gasteiger partial charge in [0, 0.05) is 17.1 Å². The monoisotopic (exact) mass is 259 g/mol. The van der Waals surface area contributed by atoms with Crippen LogP contribution in [0.3, 0.4) is 0 Å². The van der Waals surface area contributed by atoms with Gasteiger partial charge in [-0.1, -0.05) is 23.7 Å². The van der Waals surface area contributed by atoms with Crippen LogP contribution in [0, 0.1) is 0 Å². The SMILES string of the molecule is Clc1cncc(OCc2cccc3[nH]ccc23)n1. The molecule has 0 bridgehead atoms. The van der Waals surface area contributed by atoms with Crippen molar-refractivity contribution in [3.63, 3.8) is 0 Å². The molecule has 0 spiro atoms. The molecule has 0 atom stereocenters. The lowest BCUT2D eigenvalue weighted by Crippen LogP contribution is -1.98. The molecule has 0 unspecified atom stereocenters. The summed E-state index contributed by atoms with van der Waals surface area (Å²) in [5.41, 5.74) is 2.18. The zero-order valence-electron chi connectivity index (χ0n) is 9.43. The number of rotatable bonds is 3. The van der Waals surface area contributed by atoms with Gasteiger partial charge in [0.2, 0.25) is 5.88 Å². The van der Waals surface area contributed by atoms with Gasteiger partial charge in [-0.05, 0) is 17.7 Å². The van der Waals surface area contributed by atoms with Crippen LogP contribution in [0.25, 0.3) is 10.9 Å². The predicted octanol–water partition coefficient (Wildman–Crippen LogP) is 3.19. The first-order chi connectivity index (χ1) is 8.83. The average molecular weight is 260 g/mol. The van der Waals surface area contributed by atoms with Crippen LogP contribution in [0.1, 0.15) is 5.56 Å². The molecule has 3 rings (SSSR count). The molecule has 1 aromatic carbocycles. The van der Waals surface area contributed by atoms with Gasteiger partial charge in [-0.25, -0.2) is 0 Å². The Morgan fingerprint density at radius 3 is 3.06 bits per heavy atom. The first-order valence-electron chi connectivity index (χ1n) is 5.48. The van der Waals surface area contributed by atoms with Gasteiger partial charge in [-0.15, -0.1) is 0 Å². The Morgan fingerprint density at radius 1 is 1.22 bits per heavy atom. The average Bonchev–Trinajstić information content (AvgIpc) is 2.85. The van der Waals surface area contributed by atoms with Gasteiger partial charge < -0.3 is 9.72 Å². The van der Waals surface area contributed by atoms with Crippen molar-refractivity contribution in [1.82, 2.24) is 15.0 Å². The number of aromatic nitrogens is 3. The Morgan fingerprint density at radius 2 is 2.17 bits per heavy atom. The molecule has 1 N–H and O–H groups in total. The molecule has 3 aromatic rings. The number of H-pyrrole nitrogens is 1. The molecule has 0 saturated heterocycles. The summed E-state index contributed by atoms with van der Waals surface area (Å²) in [6.07, 6.45) is 4.93. The zero-order valence-corrected chi connectivity index (χ0v) is 10.2. The highest BCUT2D eigenvalue weighted by Gasteiger charge is 2.03. The lowest BCUT2D eigenvalue weighted by Gasteiger charge is -2.06. The summed E-state index contributed by atoms with van der Waals surface area (Å²) in [6.45, 7) is 0.435. The van der Waals surface area contributed by atoms with Gasteiger partial charge in [0.25, 0.3) is 0 Å². The fourth-order valence-corrected chi connectivity index (χ4v) is 1.96. The third-order valence-electron chi connectivity index (χ3n) is 2.64. The number of nitrogens with one attached hydrogen (secondary N) is 1. The van der Waals surface area contributed by atoms with Crippen LogP contribution in [0.4, 0.5) is 0 Å². The summed E-state index contributed by atoms with van der Waals surface area (Å²) >= 11 is 5.75. The minimum absolute atomic E-state index is 0.326. The number of nitrogens with zero attached hydrogens (tertiary/aromatic N) is 2. The Balaban J connectivity index is 1.83. The van der Waals surface area contributed by atoms with E-state index in [1.165, 1.54) is 6.20 Å². The molecule has 5 heteroatoms. The van der Waals surface area contributed by atoms with E-state index in [4.69, 9.17) is 16.3 Å². The molecule has 0 aliphatic heterocycles. The zero-order chi connectivity index (χ0) is 12.4. The van der Waals surface area contributed by atoms with Gasteiger partial charge in [0.1, 0.15) is 6.61 Å². The fraction of sp³-hybridized carbons (Fsp3) is 0.0769. The highest BCUT2D eigenvalue weighted by atomic mass is 35.5. The normalized spacial score (nSPS) is 10.7. The quantitative estimate of drug-likeness (QED) is 0.786. The number of benzene rings is 1. The molecule has 90 valence electrons. The van der Waals surface area contributed by atoms with E-state index in [0.717, 1.165) is 16.5 Å². The van der Waals surface area contributed by atoms with E-state index in [2.05, 4.69) is 15.0 Å². The molecule has 2 heterocycles. The summed E-state index contributed by atoms with van der Waals surface area (Å²) in [6, 6.07) is 8.06. The number of ether oxygens (including phenoxy) is 1. The van der Waals surface area contributed by atoms with Crippen molar-refractivity contribution >= 4 is 22.5 Å². The molecule has 0 aliphatic rings. The Labute approximate surface area is 109 Å². The number of halogens is 1. The van der Waals surface area contributed by atoms with Gasteiger partial charge in [0.05, 0.1) is 12.4 Å². The van der Waals surface area contributed by atoms with Crippen molar-refractivity contribution in [3.05, 3.63) is 53.6 Å². The maximum Gasteiger partial charge on any atom is 0.234 e. The van der Waals surface area contributed by atoms with Crippen LogP contribution in [-0.4, -0.2) is 15.0 Å². The summed E-state index contributed by atoms with van der Waals surface area (Å²) in [5.74, 6) is 0.426. The van der Waals surface area contributed by atoms with Crippen molar-refractivity contribution in [2.45, 2.75) is 6.61 Å². The summed E-state index contributed by atoms with van der Waals surface area (Å²) in [5, 5.41) is 1.47. The Kier molecular flexibility index (Phi) is 2.86. The molecule has 4 nitrogen and oxygen atoms in total. The van der Waals surface area contributed by atoms with Crippen LogP contribution in [0.15, 0.2) is 42.9 Å². The highest BCUT2D eigenvalue weighted by molar-refractivity contribution is 6.29. The molecule has 0 aliphatic carbocycles. The summed E-state index contributed by atoms with van der Waals surface area (Å²) < 4.78 is 5.58. The maximum absolute atomic E-state index is 5.75. The second-order valence-corrected chi connectivity index (χ2v) is 4.21. The van der Waals surface area contributed by atoms with Gasteiger partial charge >= 0.3 is 0 Å². The molecule has 0 amide bonds. The Hall–Kier alpha value is -2.07. The molecule has 0 fully saturated rings. The number of aromatic amines is 1. The van der Waals surface area contributed by atoms with Crippen LogP contribution < -0.4 is 4.74 Å². The van der Waals surface area contributed by atoms with E-state index in [9.17, 15) is 0 Å². The Bertz CT molecular complexity index is 681. The molecule has 0 saturated carbocycles. The second-order valence-electron chi connectivity index (χ2n) is 3.82. The van der Waals surface area contributed by atoms with E-state index < -0.39 is 0 Å². The van der Waals surface area contributed by atoms with Gasteiger partial charge in [0.15, 0.2) is 5.15 Å². The number of hydrogen-bond acceptors (Lipinski definition) is 3. The van der Waals surface area contributed by atoms with Crippen molar-refractivity contribution in [2.75, 3.05) is 0 Å². The molecule has 2 aromatic heterocycles. The maximum atomic E-state index is 5.75. The number of hydrogen-bond donors (Lipinski definition) is 1. The topological polar surface area (TPSA) is 50.8 Å². The van der Waals surface area contributed by atoms with Crippen LogP contribution in [0.5, 0.6) is 5.88 Å². The van der Waals surface area contributed by atoms with Crippen molar-refractivity contribution in [2.24, 2.45) is 0 Å². The van der Waals surface area contributed by atoms with E-state index in [-0.39, 0.29) is 0 Å². The largest absolute Gasteiger partial charge is 0.472 e. The lowest BCUT2D eigenvalue weighted by molar-refractivity contribution is 0.294. The predicted molar refractivity (Wildman–Crippen MR) is 69.7 cm³/mol. The molecular formula is C13H10ClN3O. The molecule has 18 heavy (non-hydrogen) atoms. The summed E-state index contributed by atoms with van der Waals surface area (Å²) in [4.78, 5) is 11.1. The van der Waals surface area contributed by atoms with Crippen molar-refractivity contribution in [3.8, 4) is 5.88 Å². The first-order valence-corrected chi connectivity index (χ1v) is 5.86. The standard InChI is InChI=1S/C13H10ClN3O/c14-12-6-15-7-13(17-12)18-8-9-2-1-3-11-10(9)4-5-16-11/h1-7,16H,8H2. The minimum atomic E-state index is 0.326. The molecule has 0 radical (unpaired) electrons. The van der Waals surface area contributed by atoms with Crippen molar-refractivity contribution < 1.29 is 4.74 Å². The van der Waals surface area contributed by atoms with E-state index >= 15 is 0 Å². The lowest BCUT2D eigenvalue weighted by atomic mass is 10.1. The molecular weight excluding hydrogens is 250 g/mol. The third-order valence-corrected chi connectivity index (χ3v) is 2.83. The van der Waals surface area contributed by atoms with Crippen LogP contribution >= 0.6 is 11.6 Å². The second kappa shape index (κ2) is 4.66. The van der Waals surface area contributed by atoms with Gasteiger partial charge in [-0.2, -0.15) is 4.98 Å². The van der Waals surface area contributed by atoms with Gasteiger partial charge in [-0.3, -0.25) is 4.98 Å².